The van der Waals surface area contributed by atoms with Crippen molar-refractivity contribution >= 4 is 0 Å². The molecule has 0 spiro atoms. The van der Waals surface area contributed by atoms with Gasteiger partial charge in [0.15, 0.2) is 0 Å². The first-order chi connectivity index (χ1) is 24.0. The number of rotatable bonds is 21. The molecule has 0 aliphatic heterocycles. The number of unbranched alkanes of at least 4 members (excludes halogenated alkanes) is 9. The second kappa shape index (κ2) is 23.9. The fourth-order valence-electron chi connectivity index (χ4n) is 6.21. The van der Waals surface area contributed by atoms with Crippen LogP contribution in [0.15, 0.2) is 72.8 Å². The van der Waals surface area contributed by atoms with E-state index < -0.39 is 0 Å². The third-order valence-corrected chi connectivity index (χ3v) is 9.75. The van der Waals surface area contributed by atoms with E-state index in [4.69, 9.17) is 0 Å². The van der Waals surface area contributed by atoms with Gasteiger partial charge in [0.05, 0.1) is 22.8 Å². The normalized spacial score (nSPS) is 12.3. The molecule has 0 aliphatic carbocycles. The van der Waals surface area contributed by atoms with Gasteiger partial charge in [0.2, 0.25) is 0 Å². The minimum atomic E-state index is 0.499. The molecule has 0 radical (unpaired) electrons. The smallest absolute Gasteiger partial charge is 0.0929 e. The summed E-state index contributed by atoms with van der Waals surface area (Å²) in [6.45, 7) is 13.5. The highest BCUT2D eigenvalue weighted by atomic mass is 15.1. The molecule has 4 rings (SSSR count). The Balaban J connectivity index is 0.000000266. The fourth-order valence-corrected chi connectivity index (χ4v) is 6.21. The summed E-state index contributed by atoms with van der Waals surface area (Å²) in [5, 5.41) is 17.9. The Morgan fingerprint density at radius 3 is 1.14 bits per heavy atom. The van der Waals surface area contributed by atoms with Crippen LogP contribution in [0.25, 0.3) is 22.5 Å². The van der Waals surface area contributed by atoms with Crippen molar-refractivity contribution in [3.63, 3.8) is 0 Å². The molecule has 2 atom stereocenters. The van der Waals surface area contributed by atoms with Gasteiger partial charge in [-0.1, -0.05) is 161 Å². The largest absolute Gasteiger partial charge is 0.155 e. The van der Waals surface area contributed by atoms with Crippen LogP contribution in [0, 0.1) is 0 Å². The maximum atomic E-state index is 4.49. The lowest BCUT2D eigenvalue weighted by Gasteiger charge is -2.10. The van der Waals surface area contributed by atoms with Gasteiger partial charge in [-0.2, -0.15) is 20.4 Å². The second-order valence-corrected chi connectivity index (χ2v) is 14.1. The van der Waals surface area contributed by atoms with E-state index >= 15 is 0 Å². The molecule has 0 N–H and O–H groups in total. The Kier molecular flexibility index (Phi) is 19.5. The highest BCUT2D eigenvalue weighted by Gasteiger charge is 2.10. The molecule has 49 heavy (non-hydrogen) atoms. The predicted octanol–water partition coefficient (Wildman–Crippen LogP) is 13.5. The number of aromatic nitrogens is 4. The lowest BCUT2D eigenvalue weighted by Crippen LogP contribution is -2.00. The van der Waals surface area contributed by atoms with Crippen molar-refractivity contribution in [3.05, 3.63) is 95.3 Å². The summed E-state index contributed by atoms with van der Waals surface area (Å²) >= 11 is 0. The Bertz CT molecular complexity index is 1380. The molecule has 2 aromatic carbocycles. The highest BCUT2D eigenvalue weighted by molar-refractivity contribution is 5.59. The zero-order chi connectivity index (χ0) is 35.1. The quantitative estimate of drug-likeness (QED) is 0.0833. The van der Waals surface area contributed by atoms with E-state index in [2.05, 4.69) is 135 Å². The molecule has 4 aromatic rings. The van der Waals surface area contributed by atoms with E-state index in [1.165, 1.54) is 114 Å². The predicted molar refractivity (Wildman–Crippen MR) is 211 cm³/mol. The Morgan fingerprint density at radius 1 is 0.388 bits per heavy atom. The molecule has 4 nitrogen and oxygen atoms in total. The summed E-state index contributed by atoms with van der Waals surface area (Å²) in [4.78, 5) is 0. The van der Waals surface area contributed by atoms with Crippen LogP contribution < -0.4 is 0 Å². The van der Waals surface area contributed by atoms with Crippen LogP contribution in [0.5, 0.6) is 0 Å². The summed E-state index contributed by atoms with van der Waals surface area (Å²) in [7, 11) is 0. The minimum Gasteiger partial charge on any atom is -0.155 e. The van der Waals surface area contributed by atoms with E-state index in [1.807, 2.05) is 0 Å². The molecule has 0 bridgehead atoms. The second-order valence-electron chi connectivity index (χ2n) is 14.1. The van der Waals surface area contributed by atoms with Crippen LogP contribution in [0.2, 0.25) is 0 Å². The molecule has 0 amide bonds. The van der Waals surface area contributed by atoms with Gasteiger partial charge in [-0.3, -0.25) is 0 Å². The molecular formula is C45H66N4. The van der Waals surface area contributed by atoms with Crippen LogP contribution in [0.4, 0.5) is 0 Å². The monoisotopic (exact) mass is 663 g/mol. The van der Waals surface area contributed by atoms with Gasteiger partial charge in [0.25, 0.3) is 0 Å². The van der Waals surface area contributed by atoms with Crippen LogP contribution in [-0.4, -0.2) is 20.4 Å². The van der Waals surface area contributed by atoms with Gasteiger partial charge >= 0.3 is 0 Å². The third kappa shape index (κ3) is 14.9. The molecule has 0 saturated carbocycles. The Hall–Kier alpha value is -3.40. The molecule has 0 saturated heterocycles. The van der Waals surface area contributed by atoms with Gasteiger partial charge in [-0.15, -0.1) is 0 Å². The van der Waals surface area contributed by atoms with E-state index in [9.17, 15) is 0 Å². The van der Waals surface area contributed by atoms with Crippen molar-refractivity contribution in [1.82, 2.24) is 20.4 Å². The Morgan fingerprint density at radius 2 is 0.776 bits per heavy atom. The van der Waals surface area contributed by atoms with Gasteiger partial charge < -0.3 is 0 Å². The lowest BCUT2D eigenvalue weighted by molar-refractivity contribution is 0.568. The minimum absolute atomic E-state index is 0.499. The Labute approximate surface area is 300 Å². The summed E-state index contributed by atoms with van der Waals surface area (Å²) in [5.74, 6) is 0.999. The first kappa shape index (κ1) is 40.0. The van der Waals surface area contributed by atoms with E-state index in [1.54, 1.807) is 0 Å². The molecule has 0 aliphatic rings. The van der Waals surface area contributed by atoms with Crippen molar-refractivity contribution < 1.29 is 0 Å². The topological polar surface area (TPSA) is 51.6 Å². The summed E-state index contributed by atoms with van der Waals surface area (Å²) in [5.41, 5.74) is 9.33. The molecule has 4 heteroatoms. The SMILES string of the molecule is CCCCCCC(C)c1ccc(-c2ccc(CCCC)cc2)nn1.CCCCCCC(C)c1ccc(-c2ccc(CCCCC)cc2)nn1. The molecule has 0 fully saturated rings. The number of aryl methyl sites for hydroxylation is 2. The van der Waals surface area contributed by atoms with Gasteiger partial charge in [0.1, 0.15) is 0 Å². The van der Waals surface area contributed by atoms with Crippen LogP contribution in [0.3, 0.4) is 0 Å². The zero-order valence-electron chi connectivity index (χ0n) is 31.9. The standard InChI is InChI=1S/C23H34N2.C22H32N2/c1-4-6-8-10-11-19(3)22-17-18-23(25-24-22)21-15-13-20(14-16-21)12-9-7-5-2;1-4-6-8-9-10-18(3)21-16-17-22(24-23-21)20-14-12-19(13-15-20)11-7-5-2/h13-19H,4-12H2,1-3H3;12-18H,4-11H2,1-3H3. The van der Waals surface area contributed by atoms with E-state index in [0.717, 1.165) is 40.3 Å². The van der Waals surface area contributed by atoms with Crippen molar-refractivity contribution in [2.24, 2.45) is 0 Å². The molecule has 2 unspecified atom stereocenters. The summed E-state index contributed by atoms with van der Waals surface area (Å²) in [6.07, 6.45) is 21.6. The van der Waals surface area contributed by atoms with Gasteiger partial charge in [0, 0.05) is 23.0 Å². The number of nitrogens with zero attached hydrogens (tertiary/aromatic N) is 4. The first-order valence-electron chi connectivity index (χ1n) is 19.8. The van der Waals surface area contributed by atoms with Gasteiger partial charge in [-0.25, -0.2) is 0 Å². The highest BCUT2D eigenvalue weighted by Crippen LogP contribution is 2.24. The van der Waals surface area contributed by atoms with Crippen LogP contribution in [-0.2, 0) is 12.8 Å². The number of hydrogen-bond donors (Lipinski definition) is 0. The van der Waals surface area contributed by atoms with Gasteiger partial charge in [-0.05, 0) is 73.9 Å². The molecule has 266 valence electrons. The average molecular weight is 663 g/mol. The fraction of sp³-hybridized carbons (Fsp3) is 0.556. The molecular weight excluding hydrogens is 597 g/mol. The third-order valence-electron chi connectivity index (χ3n) is 9.75. The number of hydrogen-bond acceptors (Lipinski definition) is 4. The molecule has 2 heterocycles. The van der Waals surface area contributed by atoms with Crippen molar-refractivity contribution in [2.45, 2.75) is 163 Å². The van der Waals surface area contributed by atoms with Crippen molar-refractivity contribution in [2.75, 3.05) is 0 Å². The van der Waals surface area contributed by atoms with E-state index in [-0.39, 0.29) is 0 Å². The van der Waals surface area contributed by atoms with Crippen LogP contribution in [0.1, 0.15) is 172 Å². The lowest BCUT2D eigenvalue weighted by atomic mass is 9.98. The molecule has 2 aromatic heterocycles. The maximum absolute atomic E-state index is 4.49. The summed E-state index contributed by atoms with van der Waals surface area (Å²) < 4.78 is 0. The number of benzene rings is 2. The van der Waals surface area contributed by atoms with Crippen LogP contribution >= 0.6 is 0 Å². The maximum Gasteiger partial charge on any atom is 0.0929 e. The van der Waals surface area contributed by atoms with Crippen molar-refractivity contribution in [1.29, 1.82) is 0 Å². The first-order valence-corrected chi connectivity index (χ1v) is 19.8. The van der Waals surface area contributed by atoms with E-state index in [0.29, 0.717) is 11.8 Å². The average Bonchev–Trinajstić information content (AvgIpc) is 3.15. The zero-order valence-corrected chi connectivity index (χ0v) is 31.9. The summed E-state index contributed by atoms with van der Waals surface area (Å²) in [6, 6.07) is 26.1. The van der Waals surface area contributed by atoms with Crippen molar-refractivity contribution in [3.8, 4) is 22.5 Å².